The first kappa shape index (κ1) is 21.6. The van der Waals surface area contributed by atoms with Crippen LogP contribution in [-0.4, -0.2) is 39.9 Å². The molecule has 6 heteroatoms. The van der Waals surface area contributed by atoms with Crippen LogP contribution in [0.25, 0.3) is 21.9 Å². The topological polar surface area (TPSA) is 61.9 Å². The van der Waals surface area contributed by atoms with Gasteiger partial charge in [0, 0.05) is 37.2 Å². The van der Waals surface area contributed by atoms with Crippen molar-refractivity contribution in [2.24, 2.45) is 5.92 Å². The van der Waals surface area contributed by atoms with E-state index in [0.717, 1.165) is 53.4 Å². The molecule has 1 saturated carbocycles. The van der Waals surface area contributed by atoms with Crippen molar-refractivity contribution in [1.29, 1.82) is 0 Å². The lowest BCUT2D eigenvalue weighted by Gasteiger charge is -2.32. The molecule has 0 bridgehead atoms. The number of hydrogen-bond donors (Lipinski definition) is 1. The molecule has 0 radical (unpaired) electrons. The molecule has 2 heterocycles. The van der Waals surface area contributed by atoms with Gasteiger partial charge in [0.2, 0.25) is 0 Å². The van der Waals surface area contributed by atoms with Crippen LogP contribution in [0.5, 0.6) is 0 Å². The Morgan fingerprint density at radius 1 is 1.06 bits per heavy atom. The molecule has 0 spiro atoms. The maximum atomic E-state index is 13.9. The number of nitrogens with one attached hydrogen (secondary N) is 1. The van der Waals surface area contributed by atoms with Crippen LogP contribution in [0, 0.1) is 11.7 Å². The van der Waals surface area contributed by atoms with Crippen molar-refractivity contribution < 1.29 is 9.18 Å². The number of amides is 1. The maximum absolute atomic E-state index is 13.9. The predicted octanol–water partition coefficient (Wildman–Crippen LogP) is 6.03. The summed E-state index contributed by atoms with van der Waals surface area (Å²) in [6, 6.07) is 12.6. The Morgan fingerprint density at radius 3 is 2.61 bits per heavy atom. The molecule has 1 amide bonds. The second-order valence-corrected chi connectivity index (χ2v) is 9.52. The molecule has 5 nitrogen and oxygen atoms in total. The fourth-order valence-corrected chi connectivity index (χ4v) is 5.28. The molecule has 0 saturated heterocycles. The van der Waals surface area contributed by atoms with Gasteiger partial charge >= 0.3 is 0 Å². The van der Waals surface area contributed by atoms with Crippen LogP contribution in [0.4, 0.5) is 4.39 Å². The minimum absolute atomic E-state index is 0.0173. The molecule has 1 atom stereocenters. The third-order valence-electron chi connectivity index (χ3n) is 7.24. The normalized spacial score (nSPS) is 19.6. The number of H-pyrrole nitrogens is 1. The van der Waals surface area contributed by atoms with Gasteiger partial charge in [-0.15, -0.1) is 0 Å². The van der Waals surface area contributed by atoms with E-state index in [-0.39, 0.29) is 11.7 Å². The van der Waals surface area contributed by atoms with E-state index in [2.05, 4.69) is 23.0 Å². The van der Waals surface area contributed by atoms with Crippen LogP contribution in [0.2, 0.25) is 0 Å². The smallest absolute Gasteiger partial charge is 0.253 e. The average Bonchev–Trinajstić information content (AvgIpc) is 3.26. The molecule has 1 aliphatic rings. The minimum atomic E-state index is -0.209. The number of imidazole rings is 1. The first-order valence-electron chi connectivity index (χ1n) is 11.7. The molecular weight excluding hydrogens is 415 g/mol. The number of benzene rings is 2. The van der Waals surface area contributed by atoms with E-state index in [1.807, 2.05) is 24.4 Å². The van der Waals surface area contributed by atoms with E-state index in [9.17, 15) is 9.18 Å². The minimum Gasteiger partial charge on any atom is -0.345 e. The molecular formula is C27H29FN4O. The lowest BCUT2D eigenvalue weighted by atomic mass is 9.73. The number of halogens is 1. The third-order valence-corrected chi connectivity index (χ3v) is 7.24. The summed E-state index contributed by atoms with van der Waals surface area (Å²) in [4.78, 5) is 26.6. The number of aromatic nitrogens is 3. The number of nitrogens with zero attached hydrogens (tertiary/aromatic N) is 3. The lowest BCUT2D eigenvalue weighted by molar-refractivity contribution is 0.0827. The number of fused-ring (bicyclic) bond motifs is 2. The first-order valence-corrected chi connectivity index (χ1v) is 11.7. The molecule has 1 aliphatic carbocycles. The zero-order chi connectivity index (χ0) is 23.1. The van der Waals surface area contributed by atoms with Crippen molar-refractivity contribution >= 4 is 27.8 Å². The van der Waals surface area contributed by atoms with Crippen molar-refractivity contribution in [2.75, 3.05) is 14.1 Å². The first-order chi connectivity index (χ1) is 15.9. The second kappa shape index (κ2) is 8.58. The number of carbonyl (C=O) groups excluding carboxylic acids is 1. The summed E-state index contributed by atoms with van der Waals surface area (Å²) in [5.41, 5.74) is 4.53. The van der Waals surface area contributed by atoms with Crippen molar-refractivity contribution in [2.45, 2.75) is 44.4 Å². The van der Waals surface area contributed by atoms with Gasteiger partial charge in [0.15, 0.2) is 0 Å². The zero-order valence-corrected chi connectivity index (χ0v) is 19.3. The monoisotopic (exact) mass is 444 g/mol. The Hall–Kier alpha value is -3.28. The largest absolute Gasteiger partial charge is 0.345 e. The Bertz CT molecular complexity index is 1320. The van der Waals surface area contributed by atoms with Gasteiger partial charge in [-0.25, -0.2) is 9.37 Å². The SMILES string of the molecule is CC(c1nc2cc(C(=O)N(C)C)ccc2[nH]1)[C@H]1CC[C@@H](c2ccnc3ccc(F)cc32)CC1. The summed E-state index contributed by atoms with van der Waals surface area (Å²) < 4.78 is 13.9. The molecule has 170 valence electrons. The van der Waals surface area contributed by atoms with Gasteiger partial charge < -0.3 is 9.88 Å². The quantitative estimate of drug-likeness (QED) is 0.418. The number of hydrogen-bond acceptors (Lipinski definition) is 3. The van der Waals surface area contributed by atoms with Gasteiger partial charge in [-0.2, -0.15) is 0 Å². The molecule has 4 aromatic rings. The predicted molar refractivity (Wildman–Crippen MR) is 129 cm³/mol. The lowest BCUT2D eigenvalue weighted by Crippen LogP contribution is -2.21. The highest BCUT2D eigenvalue weighted by Crippen LogP contribution is 2.43. The number of rotatable bonds is 4. The molecule has 1 N–H and O–H groups in total. The molecule has 2 aromatic heterocycles. The molecule has 2 aromatic carbocycles. The van der Waals surface area contributed by atoms with Crippen LogP contribution in [0.1, 0.15) is 66.2 Å². The van der Waals surface area contributed by atoms with Gasteiger partial charge in [0.05, 0.1) is 16.6 Å². The van der Waals surface area contributed by atoms with E-state index in [1.54, 1.807) is 31.1 Å². The van der Waals surface area contributed by atoms with Crippen molar-refractivity contribution in [3.8, 4) is 0 Å². The van der Waals surface area contributed by atoms with Crippen LogP contribution >= 0.6 is 0 Å². The summed E-state index contributed by atoms with van der Waals surface area (Å²) in [5, 5.41) is 0.939. The number of carbonyl (C=O) groups is 1. The highest BCUT2D eigenvalue weighted by Gasteiger charge is 2.29. The van der Waals surface area contributed by atoms with E-state index >= 15 is 0 Å². The Balaban J connectivity index is 1.32. The van der Waals surface area contributed by atoms with Crippen molar-refractivity contribution in [1.82, 2.24) is 19.9 Å². The summed E-state index contributed by atoms with van der Waals surface area (Å²) >= 11 is 0. The van der Waals surface area contributed by atoms with E-state index in [1.165, 1.54) is 11.6 Å². The van der Waals surface area contributed by atoms with Gasteiger partial charge in [-0.05, 0) is 85.5 Å². The maximum Gasteiger partial charge on any atom is 0.253 e. The van der Waals surface area contributed by atoms with Gasteiger partial charge in [0.1, 0.15) is 11.6 Å². The number of pyridine rings is 1. The molecule has 1 fully saturated rings. The highest BCUT2D eigenvalue weighted by atomic mass is 19.1. The average molecular weight is 445 g/mol. The van der Waals surface area contributed by atoms with Crippen molar-refractivity contribution in [3.63, 3.8) is 0 Å². The van der Waals surface area contributed by atoms with Gasteiger partial charge in [-0.3, -0.25) is 9.78 Å². The van der Waals surface area contributed by atoms with Crippen LogP contribution in [0.15, 0.2) is 48.7 Å². The summed E-state index contributed by atoms with van der Waals surface area (Å²) in [6.45, 7) is 2.24. The second-order valence-electron chi connectivity index (χ2n) is 9.52. The summed E-state index contributed by atoms with van der Waals surface area (Å²) in [7, 11) is 3.51. The third kappa shape index (κ3) is 4.10. The van der Waals surface area contributed by atoms with E-state index in [0.29, 0.717) is 23.3 Å². The van der Waals surface area contributed by atoms with E-state index < -0.39 is 0 Å². The highest BCUT2D eigenvalue weighted by molar-refractivity contribution is 5.97. The zero-order valence-electron chi connectivity index (χ0n) is 19.3. The van der Waals surface area contributed by atoms with Crippen LogP contribution < -0.4 is 0 Å². The fourth-order valence-electron chi connectivity index (χ4n) is 5.28. The molecule has 0 aliphatic heterocycles. The van der Waals surface area contributed by atoms with E-state index in [4.69, 9.17) is 4.98 Å². The summed E-state index contributed by atoms with van der Waals surface area (Å²) in [5.74, 6) is 2.03. The Kier molecular flexibility index (Phi) is 5.60. The van der Waals surface area contributed by atoms with Gasteiger partial charge in [0.25, 0.3) is 5.91 Å². The standard InChI is InChI=1S/C27H29FN4O/c1-16(26-30-24-10-8-19(14-25(24)31-26)27(33)32(2)3)17-4-6-18(7-5-17)21-12-13-29-23-11-9-20(28)15-22(21)23/h8-18H,4-7H2,1-3H3,(H,30,31)/t16?,17-,18+. The van der Waals surface area contributed by atoms with Crippen molar-refractivity contribution in [3.05, 3.63) is 71.4 Å². The van der Waals surface area contributed by atoms with Crippen LogP contribution in [0.3, 0.4) is 0 Å². The molecule has 1 unspecified atom stereocenters. The van der Waals surface area contributed by atoms with Crippen LogP contribution in [-0.2, 0) is 0 Å². The fraction of sp³-hybridized carbons (Fsp3) is 0.370. The Labute approximate surface area is 193 Å². The molecule has 5 rings (SSSR count). The summed E-state index contributed by atoms with van der Waals surface area (Å²) in [6.07, 6.45) is 6.20. The van der Waals surface area contributed by atoms with Gasteiger partial charge in [-0.1, -0.05) is 6.92 Å². The Morgan fingerprint density at radius 2 is 1.85 bits per heavy atom. The number of aromatic amines is 1. The molecule has 33 heavy (non-hydrogen) atoms.